The number of hydrogen-bond donors (Lipinski definition) is 2. The van der Waals surface area contributed by atoms with Crippen molar-refractivity contribution in [2.75, 3.05) is 19.6 Å². The molecule has 1 unspecified atom stereocenters. The number of nitrogens with one attached hydrogen (secondary N) is 2. The maximum absolute atomic E-state index is 12.3. The van der Waals surface area contributed by atoms with Crippen LogP contribution in [-0.2, 0) is 18.4 Å². The molecular weight excluding hydrogens is 328 g/mol. The van der Waals surface area contributed by atoms with Crippen LogP contribution < -0.4 is 16.3 Å². The highest BCUT2D eigenvalue weighted by Crippen LogP contribution is 2.12. The van der Waals surface area contributed by atoms with Gasteiger partial charge in [-0.2, -0.15) is 0 Å². The van der Waals surface area contributed by atoms with E-state index >= 15 is 0 Å². The summed E-state index contributed by atoms with van der Waals surface area (Å²) in [5, 5.41) is 6.29. The smallest absolute Gasteiger partial charge is 0.328 e. The molecule has 24 heavy (non-hydrogen) atoms. The average molecular weight is 353 g/mol. The number of aromatic nitrogens is 2. The lowest BCUT2D eigenvalue weighted by molar-refractivity contribution is -0.121. The number of para-hydroxylation sites is 2. The number of aryl methyl sites for hydroxylation is 2. The molecule has 1 fully saturated rings. The van der Waals surface area contributed by atoms with Gasteiger partial charge >= 0.3 is 5.69 Å². The maximum Gasteiger partial charge on any atom is 0.328 e. The summed E-state index contributed by atoms with van der Waals surface area (Å²) in [7, 11) is 1.76. The topological polar surface area (TPSA) is 68.1 Å². The van der Waals surface area contributed by atoms with Crippen molar-refractivity contribution in [1.82, 2.24) is 19.8 Å². The van der Waals surface area contributed by atoms with Gasteiger partial charge in [0.2, 0.25) is 5.91 Å². The average Bonchev–Trinajstić information content (AvgIpc) is 3.15. The number of benzene rings is 1. The summed E-state index contributed by atoms with van der Waals surface area (Å²) in [6.45, 7) is 3.27. The minimum Gasteiger partial charge on any atom is -0.356 e. The van der Waals surface area contributed by atoms with Crippen molar-refractivity contribution in [2.45, 2.75) is 25.8 Å². The minimum absolute atomic E-state index is 0. The Balaban J connectivity index is 0.00000208. The fraction of sp³-hybridized carbons (Fsp3) is 0.529. The zero-order valence-corrected chi connectivity index (χ0v) is 14.8. The number of amides is 1. The van der Waals surface area contributed by atoms with E-state index in [4.69, 9.17) is 0 Å². The van der Waals surface area contributed by atoms with E-state index in [0.29, 0.717) is 18.9 Å². The molecule has 0 aliphatic carbocycles. The summed E-state index contributed by atoms with van der Waals surface area (Å²) in [6, 6.07) is 7.66. The van der Waals surface area contributed by atoms with Crippen molar-refractivity contribution in [2.24, 2.45) is 13.0 Å². The third kappa shape index (κ3) is 3.99. The number of halogens is 1. The van der Waals surface area contributed by atoms with Crippen LogP contribution in [0.25, 0.3) is 11.0 Å². The number of nitrogens with zero attached hydrogens (tertiary/aromatic N) is 2. The Labute approximate surface area is 147 Å². The Morgan fingerprint density at radius 2 is 2.08 bits per heavy atom. The molecular formula is C17H25ClN4O2. The van der Waals surface area contributed by atoms with Crippen LogP contribution in [0, 0.1) is 5.92 Å². The van der Waals surface area contributed by atoms with Gasteiger partial charge in [0.05, 0.1) is 11.0 Å². The molecule has 1 aromatic heterocycles. The summed E-state index contributed by atoms with van der Waals surface area (Å²) < 4.78 is 3.30. The van der Waals surface area contributed by atoms with Crippen LogP contribution in [0.4, 0.5) is 0 Å². The molecule has 1 amide bonds. The van der Waals surface area contributed by atoms with Crippen molar-refractivity contribution in [3.63, 3.8) is 0 Å². The van der Waals surface area contributed by atoms with E-state index in [1.807, 2.05) is 24.3 Å². The Bertz CT molecular complexity index is 747. The Morgan fingerprint density at radius 3 is 2.79 bits per heavy atom. The first kappa shape index (κ1) is 18.5. The predicted molar refractivity (Wildman–Crippen MR) is 97.6 cm³/mol. The summed E-state index contributed by atoms with van der Waals surface area (Å²) in [5.41, 5.74) is 1.70. The first-order chi connectivity index (χ1) is 11.2. The van der Waals surface area contributed by atoms with Crippen molar-refractivity contribution in [3.8, 4) is 0 Å². The molecule has 132 valence electrons. The minimum atomic E-state index is -0.0731. The molecule has 1 aliphatic rings. The first-order valence-electron chi connectivity index (χ1n) is 8.28. The summed E-state index contributed by atoms with van der Waals surface area (Å²) >= 11 is 0. The van der Waals surface area contributed by atoms with Gasteiger partial charge in [-0.25, -0.2) is 4.79 Å². The van der Waals surface area contributed by atoms with Crippen LogP contribution in [0.3, 0.4) is 0 Å². The quantitative estimate of drug-likeness (QED) is 0.822. The number of imidazole rings is 1. The fourth-order valence-corrected chi connectivity index (χ4v) is 3.26. The number of hydrogen-bond acceptors (Lipinski definition) is 3. The number of carbonyl (C=O) groups excluding carboxylic acids is 1. The Morgan fingerprint density at radius 1 is 1.33 bits per heavy atom. The largest absolute Gasteiger partial charge is 0.356 e. The third-order valence-corrected chi connectivity index (χ3v) is 4.65. The molecule has 6 nitrogen and oxygen atoms in total. The SMILES string of the molecule is Cl.Cn1c(=O)n(CCC(=O)NCCC2CCNC2)c2ccccc21. The monoisotopic (exact) mass is 352 g/mol. The van der Waals surface area contributed by atoms with Crippen LogP contribution in [0.5, 0.6) is 0 Å². The van der Waals surface area contributed by atoms with E-state index in [-0.39, 0.29) is 24.0 Å². The standard InChI is InChI=1S/C17H24N4O2.ClH/c1-20-14-4-2-3-5-15(14)21(17(20)23)11-8-16(22)19-10-7-13-6-9-18-12-13;/h2-5,13,18H,6-12H2,1H3,(H,19,22);1H. The zero-order valence-electron chi connectivity index (χ0n) is 14.0. The summed E-state index contributed by atoms with van der Waals surface area (Å²) in [4.78, 5) is 24.3. The van der Waals surface area contributed by atoms with Crippen molar-refractivity contribution in [1.29, 1.82) is 0 Å². The molecule has 0 radical (unpaired) electrons. The van der Waals surface area contributed by atoms with Crippen molar-refractivity contribution >= 4 is 29.3 Å². The highest BCUT2D eigenvalue weighted by Gasteiger charge is 2.15. The molecule has 7 heteroatoms. The van der Waals surface area contributed by atoms with E-state index in [1.54, 1.807) is 16.2 Å². The highest BCUT2D eigenvalue weighted by atomic mass is 35.5. The van der Waals surface area contributed by atoms with Gasteiger partial charge in [0.15, 0.2) is 0 Å². The van der Waals surface area contributed by atoms with Gasteiger partial charge in [0.25, 0.3) is 0 Å². The molecule has 2 N–H and O–H groups in total. The molecule has 2 heterocycles. The van der Waals surface area contributed by atoms with Crippen LogP contribution in [-0.4, -0.2) is 34.7 Å². The van der Waals surface area contributed by atoms with Crippen LogP contribution in [0.15, 0.2) is 29.1 Å². The van der Waals surface area contributed by atoms with Crippen molar-refractivity contribution < 1.29 is 4.79 Å². The molecule has 3 rings (SSSR count). The Hall–Kier alpha value is -1.79. The van der Waals surface area contributed by atoms with E-state index in [0.717, 1.165) is 37.1 Å². The second kappa shape index (κ2) is 8.35. The van der Waals surface area contributed by atoms with E-state index in [2.05, 4.69) is 10.6 Å². The molecule has 1 aromatic carbocycles. The van der Waals surface area contributed by atoms with Gasteiger partial charge < -0.3 is 10.6 Å². The third-order valence-electron chi connectivity index (χ3n) is 4.65. The molecule has 1 atom stereocenters. The maximum atomic E-state index is 12.3. The number of rotatable bonds is 6. The molecule has 0 saturated carbocycles. The normalized spacial score (nSPS) is 17.0. The number of carbonyl (C=O) groups is 1. The molecule has 1 saturated heterocycles. The van der Waals surface area contributed by atoms with Gasteiger partial charge in [-0.05, 0) is 44.0 Å². The first-order valence-corrected chi connectivity index (χ1v) is 8.28. The molecule has 0 bridgehead atoms. The van der Waals surface area contributed by atoms with Gasteiger partial charge in [-0.3, -0.25) is 13.9 Å². The lowest BCUT2D eigenvalue weighted by Crippen LogP contribution is -2.29. The van der Waals surface area contributed by atoms with E-state index in [1.165, 1.54) is 6.42 Å². The summed E-state index contributed by atoms with van der Waals surface area (Å²) in [5.74, 6) is 0.687. The van der Waals surface area contributed by atoms with Gasteiger partial charge in [-0.1, -0.05) is 12.1 Å². The molecule has 0 spiro atoms. The zero-order chi connectivity index (χ0) is 16.2. The van der Waals surface area contributed by atoms with Crippen LogP contribution in [0.1, 0.15) is 19.3 Å². The second-order valence-electron chi connectivity index (χ2n) is 6.23. The number of fused-ring (bicyclic) bond motifs is 1. The summed E-state index contributed by atoms with van der Waals surface area (Å²) in [6.07, 6.45) is 2.55. The molecule has 2 aromatic rings. The van der Waals surface area contributed by atoms with Gasteiger partial charge in [0.1, 0.15) is 0 Å². The lowest BCUT2D eigenvalue weighted by atomic mass is 10.1. The second-order valence-corrected chi connectivity index (χ2v) is 6.23. The fourth-order valence-electron chi connectivity index (χ4n) is 3.26. The predicted octanol–water partition coefficient (Wildman–Crippen LogP) is 1.27. The van der Waals surface area contributed by atoms with Gasteiger partial charge in [-0.15, -0.1) is 12.4 Å². The van der Waals surface area contributed by atoms with Crippen LogP contribution >= 0.6 is 12.4 Å². The lowest BCUT2D eigenvalue weighted by Gasteiger charge is -2.09. The van der Waals surface area contributed by atoms with Crippen molar-refractivity contribution in [3.05, 3.63) is 34.7 Å². The van der Waals surface area contributed by atoms with E-state index in [9.17, 15) is 9.59 Å². The van der Waals surface area contributed by atoms with Crippen LogP contribution in [0.2, 0.25) is 0 Å². The molecule has 1 aliphatic heterocycles. The van der Waals surface area contributed by atoms with Gasteiger partial charge in [0, 0.05) is 26.6 Å². The highest BCUT2D eigenvalue weighted by molar-refractivity contribution is 5.85. The van der Waals surface area contributed by atoms with E-state index < -0.39 is 0 Å². The Kier molecular flexibility index (Phi) is 6.45.